The SMILES string of the molecule is COC(=O)[C@H](CCC(=O)NO)NC(=O)C1(c2ccc(C)cc2)CCCC1. The molecule has 7 heteroatoms. The van der Waals surface area contributed by atoms with E-state index in [0.29, 0.717) is 12.8 Å². The summed E-state index contributed by atoms with van der Waals surface area (Å²) >= 11 is 0. The lowest BCUT2D eigenvalue weighted by molar-refractivity contribution is -0.146. The first-order valence-corrected chi connectivity index (χ1v) is 8.82. The maximum atomic E-state index is 13.1. The van der Waals surface area contributed by atoms with Crippen molar-refractivity contribution in [3.8, 4) is 0 Å². The van der Waals surface area contributed by atoms with Gasteiger partial charge in [-0.25, -0.2) is 10.3 Å². The molecule has 1 fully saturated rings. The first kappa shape index (κ1) is 19.9. The van der Waals surface area contributed by atoms with Crippen LogP contribution in [0.1, 0.15) is 49.7 Å². The van der Waals surface area contributed by atoms with Gasteiger partial charge in [-0.05, 0) is 31.7 Å². The molecular weight excluding hydrogens is 336 g/mol. The van der Waals surface area contributed by atoms with Crippen LogP contribution in [0.3, 0.4) is 0 Å². The second-order valence-corrected chi connectivity index (χ2v) is 6.78. The molecule has 0 saturated heterocycles. The number of carbonyl (C=O) groups excluding carboxylic acids is 3. The monoisotopic (exact) mass is 362 g/mol. The molecule has 1 atom stereocenters. The lowest BCUT2D eigenvalue weighted by Gasteiger charge is -2.30. The van der Waals surface area contributed by atoms with Gasteiger partial charge in [-0.3, -0.25) is 14.8 Å². The molecule has 0 radical (unpaired) electrons. The molecule has 2 rings (SSSR count). The Labute approximate surface area is 153 Å². The summed E-state index contributed by atoms with van der Waals surface area (Å²) in [6.45, 7) is 1.99. The molecule has 0 aliphatic heterocycles. The molecule has 142 valence electrons. The largest absolute Gasteiger partial charge is 0.467 e. The highest BCUT2D eigenvalue weighted by Crippen LogP contribution is 2.41. The fourth-order valence-corrected chi connectivity index (χ4v) is 3.52. The van der Waals surface area contributed by atoms with Crippen LogP contribution in [-0.2, 0) is 24.5 Å². The summed E-state index contributed by atoms with van der Waals surface area (Å²) in [7, 11) is 1.24. The number of methoxy groups -OCH3 is 1. The molecule has 1 saturated carbocycles. The van der Waals surface area contributed by atoms with E-state index in [1.54, 1.807) is 0 Å². The molecule has 0 heterocycles. The van der Waals surface area contributed by atoms with Gasteiger partial charge in [0, 0.05) is 6.42 Å². The van der Waals surface area contributed by atoms with Crippen molar-refractivity contribution in [2.24, 2.45) is 0 Å². The van der Waals surface area contributed by atoms with Crippen LogP contribution in [0.15, 0.2) is 24.3 Å². The molecule has 1 aromatic carbocycles. The van der Waals surface area contributed by atoms with Crippen molar-refractivity contribution in [3.63, 3.8) is 0 Å². The zero-order valence-electron chi connectivity index (χ0n) is 15.2. The molecule has 7 nitrogen and oxygen atoms in total. The van der Waals surface area contributed by atoms with Gasteiger partial charge in [-0.1, -0.05) is 42.7 Å². The molecule has 26 heavy (non-hydrogen) atoms. The van der Waals surface area contributed by atoms with Crippen molar-refractivity contribution < 1.29 is 24.3 Å². The van der Waals surface area contributed by atoms with Gasteiger partial charge in [-0.2, -0.15) is 0 Å². The maximum Gasteiger partial charge on any atom is 0.328 e. The molecule has 2 amide bonds. The van der Waals surface area contributed by atoms with Crippen molar-refractivity contribution in [2.75, 3.05) is 7.11 Å². The molecule has 0 spiro atoms. The summed E-state index contributed by atoms with van der Waals surface area (Å²) in [5.41, 5.74) is 2.91. The van der Waals surface area contributed by atoms with Crippen LogP contribution in [0.5, 0.6) is 0 Å². The van der Waals surface area contributed by atoms with E-state index in [9.17, 15) is 14.4 Å². The van der Waals surface area contributed by atoms with Crippen LogP contribution >= 0.6 is 0 Å². The number of aryl methyl sites for hydroxylation is 1. The van der Waals surface area contributed by atoms with Gasteiger partial charge in [-0.15, -0.1) is 0 Å². The van der Waals surface area contributed by atoms with Crippen molar-refractivity contribution in [3.05, 3.63) is 35.4 Å². The Kier molecular flexibility index (Phi) is 6.74. The Balaban J connectivity index is 2.19. The number of hydrogen-bond acceptors (Lipinski definition) is 5. The molecular formula is C19H26N2O5. The molecule has 1 aliphatic carbocycles. The zero-order valence-corrected chi connectivity index (χ0v) is 15.2. The van der Waals surface area contributed by atoms with Gasteiger partial charge in [0.15, 0.2) is 0 Å². The number of nitrogens with one attached hydrogen (secondary N) is 2. The lowest BCUT2D eigenvalue weighted by Crippen LogP contribution is -2.50. The van der Waals surface area contributed by atoms with Gasteiger partial charge in [0.25, 0.3) is 0 Å². The van der Waals surface area contributed by atoms with E-state index in [1.165, 1.54) is 12.6 Å². The van der Waals surface area contributed by atoms with E-state index in [4.69, 9.17) is 9.94 Å². The Morgan fingerprint density at radius 3 is 2.35 bits per heavy atom. The van der Waals surface area contributed by atoms with Crippen molar-refractivity contribution in [2.45, 2.75) is 56.9 Å². The number of ether oxygens (including phenoxy) is 1. The molecule has 0 unspecified atom stereocenters. The third kappa shape index (κ3) is 4.40. The number of hydroxylamine groups is 1. The number of carbonyl (C=O) groups is 3. The van der Waals surface area contributed by atoms with Gasteiger partial charge in [0.2, 0.25) is 11.8 Å². The van der Waals surface area contributed by atoms with Crippen molar-refractivity contribution >= 4 is 17.8 Å². The Hall–Kier alpha value is -2.41. The van der Waals surface area contributed by atoms with Crippen LogP contribution in [0.2, 0.25) is 0 Å². The van der Waals surface area contributed by atoms with E-state index in [2.05, 4.69) is 5.32 Å². The standard InChI is InChI=1S/C19H26N2O5/c1-13-5-7-14(8-6-13)19(11-3-4-12-19)18(24)20-15(17(23)26-2)9-10-16(22)21-25/h5-8,15,25H,3-4,9-12H2,1-2H3,(H,20,24)(H,21,22)/t15-/m0/s1. The molecule has 3 N–H and O–H groups in total. The van der Waals surface area contributed by atoms with E-state index in [0.717, 1.165) is 24.0 Å². The van der Waals surface area contributed by atoms with Gasteiger partial charge >= 0.3 is 5.97 Å². The summed E-state index contributed by atoms with van der Waals surface area (Å²) in [6, 6.07) is 6.95. The summed E-state index contributed by atoms with van der Waals surface area (Å²) < 4.78 is 4.75. The quantitative estimate of drug-likeness (QED) is 0.389. The van der Waals surface area contributed by atoms with Crippen LogP contribution < -0.4 is 10.8 Å². The second-order valence-electron chi connectivity index (χ2n) is 6.78. The van der Waals surface area contributed by atoms with Crippen molar-refractivity contribution in [1.29, 1.82) is 0 Å². The number of esters is 1. The van der Waals surface area contributed by atoms with Crippen LogP contribution in [0.4, 0.5) is 0 Å². The van der Waals surface area contributed by atoms with E-state index in [1.807, 2.05) is 31.2 Å². The number of rotatable bonds is 7. The highest BCUT2D eigenvalue weighted by atomic mass is 16.5. The highest BCUT2D eigenvalue weighted by molar-refractivity contribution is 5.92. The molecule has 0 aromatic heterocycles. The van der Waals surface area contributed by atoms with Crippen LogP contribution in [0, 0.1) is 6.92 Å². The number of benzene rings is 1. The number of amides is 2. The van der Waals surface area contributed by atoms with Crippen molar-refractivity contribution in [1.82, 2.24) is 10.8 Å². The van der Waals surface area contributed by atoms with Gasteiger partial charge < -0.3 is 10.1 Å². The maximum absolute atomic E-state index is 13.1. The minimum atomic E-state index is -0.937. The summed E-state index contributed by atoms with van der Waals surface area (Å²) in [5, 5.41) is 11.4. The Bertz CT molecular complexity index is 650. The highest BCUT2D eigenvalue weighted by Gasteiger charge is 2.43. The number of hydrogen-bond donors (Lipinski definition) is 3. The zero-order chi connectivity index (χ0) is 19.2. The fraction of sp³-hybridized carbons (Fsp3) is 0.526. The molecule has 0 bridgehead atoms. The Morgan fingerprint density at radius 1 is 1.19 bits per heavy atom. The third-order valence-electron chi connectivity index (χ3n) is 5.07. The minimum Gasteiger partial charge on any atom is -0.467 e. The predicted molar refractivity (Wildman–Crippen MR) is 94.4 cm³/mol. The van der Waals surface area contributed by atoms with Gasteiger partial charge in [0.1, 0.15) is 6.04 Å². The molecule has 1 aliphatic rings. The first-order valence-electron chi connectivity index (χ1n) is 8.82. The second kappa shape index (κ2) is 8.80. The Morgan fingerprint density at radius 2 is 1.81 bits per heavy atom. The van der Waals surface area contributed by atoms with Gasteiger partial charge in [0.05, 0.1) is 12.5 Å². The normalized spacial score (nSPS) is 16.6. The smallest absolute Gasteiger partial charge is 0.328 e. The minimum absolute atomic E-state index is 0.0504. The summed E-state index contributed by atoms with van der Waals surface area (Å²) in [6.07, 6.45) is 3.26. The topological polar surface area (TPSA) is 105 Å². The third-order valence-corrected chi connectivity index (χ3v) is 5.07. The van der Waals surface area contributed by atoms with Crippen LogP contribution in [-0.4, -0.2) is 36.1 Å². The predicted octanol–water partition coefficient (Wildman–Crippen LogP) is 1.75. The average Bonchev–Trinajstić information content (AvgIpc) is 3.15. The lowest BCUT2D eigenvalue weighted by atomic mass is 9.77. The summed E-state index contributed by atoms with van der Waals surface area (Å²) in [5.74, 6) is -1.46. The average molecular weight is 362 g/mol. The van der Waals surface area contributed by atoms with E-state index < -0.39 is 23.3 Å². The van der Waals surface area contributed by atoms with Crippen LogP contribution in [0.25, 0.3) is 0 Å². The fourth-order valence-electron chi connectivity index (χ4n) is 3.52. The van der Waals surface area contributed by atoms with E-state index >= 15 is 0 Å². The molecule has 1 aromatic rings. The first-order chi connectivity index (χ1) is 12.4. The van der Waals surface area contributed by atoms with E-state index in [-0.39, 0.29) is 18.7 Å². The summed E-state index contributed by atoms with van der Waals surface area (Å²) in [4.78, 5) is 36.4.